The van der Waals surface area contributed by atoms with Crippen molar-refractivity contribution in [2.75, 3.05) is 13.1 Å². The summed E-state index contributed by atoms with van der Waals surface area (Å²) in [5.74, 6) is 0. The van der Waals surface area contributed by atoms with Crippen LogP contribution in [0.1, 0.15) is 40.5 Å². The number of hydrogen-bond donors (Lipinski definition) is 1. The van der Waals surface area contributed by atoms with Crippen molar-refractivity contribution in [2.45, 2.75) is 52.2 Å². The zero-order valence-corrected chi connectivity index (χ0v) is 9.75. The largest absolute Gasteiger partial charge is 0.389 e. The second-order valence-electron chi connectivity index (χ2n) is 4.09. The molecule has 3 heteroatoms. The van der Waals surface area contributed by atoms with Crippen LogP contribution in [0.5, 0.6) is 0 Å². The highest BCUT2D eigenvalue weighted by molar-refractivity contribution is 4.86. The molecule has 0 bridgehead atoms. The van der Waals surface area contributed by atoms with Crippen molar-refractivity contribution >= 4 is 0 Å². The number of nitriles is 1. The van der Waals surface area contributed by atoms with E-state index in [1.165, 1.54) is 0 Å². The van der Waals surface area contributed by atoms with Gasteiger partial charge in [-0.2, -0.15) is 5.26 Å². The zero-order valence-electron chi connectivity index (χ0n) is 9.75. The van der Waals surface area contributed by atoms with E-state index in [0.717, 1.165) is 12.8 Å². The van der Waals surface area contributed by atoms with Crippen molar-refractivity contribution in [1.82, 2.24) is 4.90 Å². The fraction of sp³-hybridized carbons (Fsp3) is 0.909. The van der Waals surface area contributed by atoms with Crippen LogP contribution in [-0.4, -0.2) is 34.7 Å². The van der Waals surface area contributed by atoms with Crippen LogP contribution < -0.4 is 0 Å². The van der Waals surface area contributed by atoms with Gasteiger partial charge in [0.15, 0.2) is 0 Å². The van der Waals surface area contributed by atoms with Gasteiger partial charge in [-0.25, -0.2) is 0 Å². The molecule has 1 N–H and O–H groups in total. The van der Waals surface area contributed by atoms with Crippen LogP contribution in [0.3, 0.4) is 0 Å². The predicted molar refractivity (Wildman–Crippen MR) is 57.9 cm³/mol. The highest BCUT2D eigenvalue weighted by Gasteiger charge is 2.26. The van der Waals surface area contributed by atoms with E-state index in [-0.39, 0.29) is 0 Å². The second-order valence-corrected chi connectivity index (χ2v) is 4.09. The Morgan fingerprint density at radius 1 is 1.36 bits per heavy atom. The molecule has 0 aromatic heterocycles. The summed E-state index contributed by atoms with van der Waals surface area (Å²) in [6.07, 6.45) is 1.47. The van der Waals surface area contributed by atoms with Gasteiger partial charge in [-0.15, -0.1) is 0 Å². The maximum Gasteiger partial charge on any atom is 0.0869 e. The molecule has 14 heavy (non-hydrogen) atoms. The maximum atomic E-state index is 10.1. The molecule has 0 atom stereocenters. The molecule has 0 amide bonds. The summed E-state index contributed by atoms with van der Waals surface area (Å²) < 4.78 is 0. The van der Waals surface area contributed by atoms with E-state index in [9.17, 15) is 5.11 Å². The molecule has 0 aliphatic rings. The first-order chi connectivity index (χ1) is 6.49. The Labute approximate surface area is 87.3 Å². The van der Waals surface area contributed by atoms with Crippen LogP contribution in [0.2, 0.25) is 0 Å². The third kappa shape index (κ3) is 4.08. The van der Waals surface area contributed by atoms with Crippen LogP contribution in [0, 0.1) is 11.3 Å². The highest BCUT2D eigenvalue weighted by Crippen LogP contribution is 2.17. The molecule has 0 aliphatic carbocycles. The van der Waals surface area contributed by atoms with Gasteiger partial charge in [0.25, 0.3) is 0 Å². The average molecular weight is 198 g/mol. The van der Waals surface area contributed by atoms with Gasteiger partial charge in [0.05, 0.1) is 18.2 Å². The van der Waals surface area contributed by atoms with Gasteiger partial charge < -0.3 is 5.11 Å². The minimum atomic E-state index is -0.638. The second kappa shape index (κ2) is 6.00. The molecule has 0 saturated carbocycles. The van der Waals surface area contributed by atoms with Crippen LogP contribution in [0.25, 0.3) is 0 Å². The van der Waals surface area contributed by atoms with Gasteiger partial charge in [-0.1, -0.05) is 13.8 Å². The molecule has 0 heterocycles. The fourth-order valence-electron chi connectivity index (χ4n) is 1.36. The minimum absolute atomic E-state index is 0.305. The zero-order chi connectivity index (χ0) is 11.2. The van der Waals surface area contributed by atoms with Gasteiger partial charge in [0, 0.05) is 12.6 Å². The van der Waals surface area contributed by atoms with E-state index in [1.54, 1.807) is 0 Å². The third-order valence-corrected chi connectivity index (χ3v) is 2.82. The highest BCUT2D eigenvalue weighted by atomic mass is 16.3. The molecule has 0 spiro atoms. The van der Waals surface area contributed by atoms with E-state index in [4.69, 9.17) is 5.26 Å². The number of aliphatic hydroxyl groups is 1. The molecule has 3 nitrogen and oxygen atoms in total. The Hall–Kier alpha value is -0.590. The Morgan fingerprint density at radius 3 is 2.14 bits per heavy atom. The minimum Gasteiger partial charge on any atom is -0.389 e. The predicted octanol–water partition coefficient (Wildman–Crippen LogP) is 1.77. The van der Waals surface area contributed by atoms with Crippen molar-refractivity contribution in [3.63, 3.8) is 0 Å². The summed E-state index contributed by atoms with van der Waals surface area (Å²) in [5, 5.41) is 18.8. The van der Waals surface area contributed by atoms with Gasteiger partial charge in [-0.3, -0.25) is 4.90 Å². The molecular weight excluding hydrogens is 176 g/mol. The first-order valence-electron chi connectivity index (χ1n) is 5.32. The van der Waals surface area contributed by atoms with Gasteiger partial charge in [-0.05, 0) is 26.7 Å². The Balaban J connectivity index is 4.35. The van der Waals surface area contributed by atoms with Gasteiger partial charge in [0.1, 0.15) is 0 Å². The number of hydrogen-bond acceptors (Lipinski definition) is 3. The topological polar surface area (TPSA) is 47.3 Å². The standard InChI is InChI=1S/C11H22N2O/c1-5-11(14,6-2)9-13(8-7-12)10(3)4/h10,14H,5-6,8-9H2,1-4H3. The monoisotopic (exact) mass is 198 g/mol. The van der Waals surface area contributed by atoms with E-state index >= 15 is 0 Å². The van der Waals surface area contributed by atoms with Crippen LogP contribution in [-0.2, 0) is 0 Å². The van der Waals surface area contributed by atoms with E-state index in [1.807, 2.05) is 32.6 Å². The Bertz CT molecular complexity index is 192. The van der Waals surface area contributed by atoms with Gasteiger partial charge >= 0.3 is 0 Å². The molecule has 0 radical (unpaired) electrons. The molecule has 0 saturated heterocycles. The summed E-state index contributed by atoms with van der Waals surface area (Å²) in [4.78, 5) is 2.01. The van der Waals surface area contributed by atoms with E-state index in [0.29, 0.717) is 19.1 Å². The third-order valence-electron chi connectivity index (χ3n) is 2.82. The van der Waals surface area contributed by atoms with Crippen molar-refractivity contribution in [2.24, 2.45) is 0 Å². The number of rotatable bonds is 6. The summed E-state index contributed by atoms with van der Waals surface area (Å²) in [6, 6.07) is 2.44. The van der Waals surface area contributed by atoms with E-state index < -0.39 is 5.60 Å². The van der Waals surface area contributed by atoms with Crippen molar-refractivity contribution in [1.29, 1.82) is 5.26 Å². The van der Waals surface area contributed by atoms with Crippen LogP contribution in [0.15, 0.2) is 0 Å². The smallest absolute Gasteiger partial charge is 0.0869 e. The van der Waals surface area contributed by atoms with E-state index in [2.05, 4.69) is 6.07 Å². The molecular formula is C11H22N2O. The Morgan fingerprint density at radius 2 is 1.86 bits per heavy atom. The molecule has 0 fully saturated rings. The first kappa shape index (κ1) is 13.4. The maximum absolute atomic E-state index is 10.1. The van der Waals surface area contributed by atoms with Crippen LogP contribution in [0.4, 0.5) is 0 Å². The van der Waals surface area contributed by atoms with Crippen molar-refractivity contribution in [3.8, 4) is 6.07 Å². The molecule has 0 aromatic rings. The first-order valence-corrected chi connectivity index (χ1v) is 5.32. The summed E-state index contributed by atoms with van der Waals surface area (Å²) >= 11 is 0. The molecule has 0 unspecified atom stereocenters. The van der Waals surface area contributed by atoms with Crippen molar-refractivity contribution < 1.29 is 5.11 Å². The number of nitrogens with zero attached hydrogens (tertiary/aromatic N) is 2. The lowest BCUT2D eigenvalue weighted by Gasteiger charge is -2.33. The summed E-state index contributed by atoms with van der Waals surface area (Å²) in [7, 11) is 0. The Kier molecular flexibility index (Phi) is 5.75. The van der Waals surface area contributed by atoms with Gasteiger partial charge in [0.2, 0.25) is 0 Å². The quantitative estimate of drug-likeness (QED) is 0.662. The average Bonchev–Trinajstić information content (AvgIpc) is 2.17. The van der Waals surface area contributed by atoms with Crippen LogP contribution >= 0.6 is 0 Å². The normalized spacial score (nSPS) is 12.1. The summed E-state index contributed by atoms with van der Waals surface area (Å²) in [6.45, 7) is 9.03. The van der Waals surface area contributed by atoms with Crippen molar-refractivity contribution in [3.05, 3.63) is 0 Å². The fourth-order valence-corrected chi connectivity index (χ4v) is 1.36. The molecule has 0 aromatic carbocycles. The molecule has 0 rings (SSSR count). The lowest BCUT2D eigenvalue weighted by atomic mass is 9.96. The SMILES string of the molecule is CCC(O)(CC)CN(CC#N)C(C)C. The molecule has 82 valence electrons. The summed E-state index contributed by atoms with van der Waals surface area (Å²) in [5.41, 5.74) is -0.638. The lowest BCUT2D eigenvalue weighted by molar-refractivity contribution is -0.00753. The molecule has 0 aliphatic heterocycles. The lowest BCUT2D eigenvalue weighted by Crippen LogP contribution is -2.45.